The Hall–Kier alpha value is -2.93. The quantitative estimate of drug-likeness (QED) is 0.626. The van der Waals surface area contributed by atoms with E-state index in [0.717, 1.165) is 11.3 Å². The average molecular weight is 374 g/mol. The topological polar surface area (TPSA) is 71.9 Å². The maximum Gasteiger partial charge on any atom is 0.279 e. The molecule has 1 atom stereocenters. The van der Waals surface area contributed by atoms with E-state index in [1.807, 2.05) is 13.0 Å². The molecule has 0 aliphatic heterocycles. The zero-order valence-corrected chi connectivity index (χ0v) is 15.5. The molecule has 2 amide bonds. The molecule has 0 fully saturated rings. The normalized spacial score (nSPS) is 11.5. The van der Waals surface area contributed by atoms with Gasteiger partial charge in [0, 0.05) is 5.69 Å². The highest BCUT2D eigenvalue weighted by atomic mass is 19.1. The van der Waals surface area contributed by atoms with Crippen molar-refractivity contribution in [3.8, 4) is 5.75 Å². The molecule has 0 aromatic heterocycles. The molecule has 7 heteroatoms. The van der Waals surface area contributed by atoms with E-state index in [1.165, 1.54) is 25.3 Å². The van der Waals surface area contributed by atoms with Gasteiger partial charge in [-0.2, -0.15) is 0 Å². The lowest BCUT2D eigenvalue weighted by Gasteiger charge is -2.18. The summed E-state index contributed by atoms with van der Waals surface area (Å²) in [6.45, 7) is 2.91. The van der Waals surface area contributed by atoms with Crippen LogP contribution >= 0.6 is 0 Å². The molecule has 0 aliphatic rings. The van der Waals surface area contributed by atoms with E-state index in [-0.39, 0.29) is 24.9 Å². The van der Waals surface area contributed by atoms with Crippen molar-refractivity contribution in [2.45, 2.75) is 13.3 Å². The highest BCUT2D eigenvalue weighted by Gasteiger charge is 2.18. The summed E-state index contributed by atoms with van der Waals surface area (Å²) in [6.07, 6.45) is 0.824. The summed E-state index contributed by atoms with van der Waals surface area (Å²) in [5, 5.41) is 5.48. The van der Waals surface area contributed by atoms with Crippen LogP contribution in [0.25, 0.3) is 0 Å². The molecule has 0 bridgehead atoms. The summed E-state index contributed by atoms with van der Waals surface area (Å²) in [5.74, 6) is -0.316. The first-order valence-corrected chi connectivity index (χ1v) is 8.83. The van der Waals surface area contributed by atoms with Crippen LogP contribution < -0.4 is 20.3 Å². The molecular weight excluding hydrogens is 349 g/mol. The highest BCUT2D eigenvalue weighted by Crippen LogP contribution is 2.22. The third kappa shape index (κ3) is 6.71. The van der Waals surface area contributed by atoms with Crippen molar-refractivity contribution in [1.82, 2.24) is 0 Å². The molecule has 0 saturated carbocycles. The number of ether oxygens (including phenoxy) is 1. The number of hydrogen-bond donors (Lipinski definition) is 3. The number of benzene rings is 2. The first-order chi connectivity index (χ1) is 13.0. The van der Waals surface area contributed by atoms with Crippen LogP contribution in [-0.4, -0.2) is 38.6 Å². The number of para-hydroxylation sites is 2. The van der Waals surface area contributed by atoms with Crippen LogP contribution in [0.1, 0.15) is 13.3 Å². The number of quaternary nitrogens is 1. The van der Waals surface area contributed by atoms with Gasteiger partial charge < -0.3 is 20.3 Å². The molecule has 0 spiro atoms. The van der Waals surface area contributed by atoms with Gasteiger partial charge in [-0.25, -0.2) is 4.39 Å². The van der Waals surface area contributed by atoms with Crippen LogP contribution in [0.3, 0.4) is 0 Å². The summed E-state index contributed by atoms with van der Waals surface area (Å²) in [7, 11) is 1.54. The minimum atomic E-state index is -0.415. The second kappa shape index (κ2) is 10.3. The zero-order valence-electron chi connectivity index (χ0n) is 15.5. The summed E-state index contributed by atoms with van der Waals surface area (Å²) in [5.41, 5.74) is 0.986. The molecule has 27 heavy (non-hydrogen) atoms. The minimum Gasteiger partial charge on any atom is -0.495 e. The van der Waals surface area contributed by atoms with E-state index >= 15 is 0 Å². The zero-order chi connectivity index (χ0) is 19.6. The third-order valence-corrected chi connectivity index (χ3v) is 3.91. The lowest BCUT2D eigenvalue weighted by atomic mass is 10.3. The summed E-state index contributed by atoms with van der Waals surface area (Å²) < 4.78 is 18.4. The Morgan fingerprint density at radius 3 is 2.41 bits per heavy atom. The molecule has 1 unspecified atom stereocenters. The molecule has 6 nitrogen and oxygen atoms in total. The Morgan fingerprint density at radius 1 is 1.04 bits per heavy atom. The smallest absolute Gasteiger partial charge is 0.279 e. The maximum absolute atomic E-state index is 13.2. The number of anilines is 2. The van der Waals surface area contributed by atoms with Crippen molar-refractivity contribution in [1.29, 1.82) is 0 Å². The van der Waals surface area contributed by atoms with E-state index in [4.69, 9.17) is 4.74 Å². The third-order valence-electron chi connectivity index (χ3n) is 3.91. The predicted molar refractivity (Wildman–Crippen MR) is 103 cm³/mol. The number of carbonyl (C=O) groups excluding carboxylic acids is 2. The van der Waals surface area contributed by atoms with Gasteiger partial charge in [-0.05, 0) is 36.8 Å². The van der Waals surface area contributed by atoms with Crippen molar-refractivity contribution in [2.24, 2.45) is 0 Å². The van der Waals surface area contributed by atoms with Crippen molar-refractivity contribution < 1.29 is 23.6 Å². The van der Waals surface area contributed by atoms with Gasteiger partial charge in [0.05, 0.1) is 19.3 Å². The van der Waals surface area contributed by atoms with Crippen LogP contribution in [0.2, 0.25) is 0 Å². The van der Waals surface area contributed by atoms with Gasteiger partial charge >= 0.3 is 0 Å². The van der Waals surface area contributed by atoms with Crippen LogP contribution in [0.15, 0.2) is 48.5 Å². The lowest BCUT2D eigenvalue weighted by molar-refractivity contribution is -0.883. The van der Waals surface area contributed by atoms with Gasteiger partial charge in [-0.3, -0.25) is 9.59 Å². The molecule has 0 heterocycles. The first kappa shape index (κ1) is 20.4. The van der Waals surface area contributed by atoms with Gasteiger partial charge in [-0.15, -0.1) is 0 Å². The highest BCUT2D eigenvalue weighted by molar-refractivity contribution is 5.94. The monoisotopic (exact) mass is 374 g/mol. The maximum atomic E-state index is 13.2. The Morgan fingerprint density at radius 2 is 1.74 bits per heavy atom. The number of rotatable bonds is 9. The molecule has 2 rings (SSSR count). The number of methoxy groups -OCH3 is 1. The molecule has 0 aliphatic carbocycles. The summed E-state index contributed by atoms with van der Waals surface area (Å²) in [4.78, 5) is 25.4. The second-order valence-corrected chi connectivity index (χ2v) is 6.16. The van der Waals surface area contributed by atoms with Gasteiger partial charge in [0.25, 0.3) is 11.8 Å². The van der Waals surface area contributed by atoms with Gasteiger partial charge in [0.15, 0.2) is 13.1 Å². The van der Waals surface area contributed by atoms with Gasteiger partial charge in [-0.1, -0.05) is 25.1 Å². The second-order valence-electron chi connectivity index (χ2n) is 6.16. The standard InChI is InChI=1S/C20H24FN3O3/c1-3-11-24(13-19(25)22-16-8-6-7-15(21)12-16)14-20(26)23-17-9-4-5-10-18(17)27-2/h4-10,12H,3,11,13-14H2,1-2H3,(H,22,25)(H,23,26)/p+1. The van der Waals surface area contributed by atoms with Crippen molar-refractivity contribution in [3.63, 3.8) is 0 Å². The number of halogens is 1. The van der Waals surface area contributed by atoms with Crippen molar-refractivity contribution in [3.05, 3.63) is 54.3 Å². The molecule has 2 aromatic carbocycles. The van der Waals surface area contributed by atoms with E-state index < -0.39 is 5.82 Å². The fourth-order valence-electron chi connectivity index (χ4n) is 2.76. The van der Waals surface area contributed by atoms with Crippen LogP contribution in [0.5, 0.6) is 5.75 Å². The molecule has 144 valence electrons. The first-order valence-electron chi connectivity index (χ1n) is 8.83. The van der Waals surface area contributed by atoms with E-state index in [9.17, 15) is 14.0 Å². The summed E-state index contributed by atoms with van der Waals surface area (Å²) >= 11 is 0. The van der Waals surface area contributed by atoms with Crippen molar-refractivity contribution in [2.75, 3.05) is 37.4 Å². The number of carbonyl (C=O) groups is 2. The van der Waals surface area contributed by atoms with Crippen LogP contribution in [0.4, 0.5) is 15.8 Å². The Kier molecular flexibility index (Phi) is 7.76. The van der Waals surface area contributed by atoms with Crippen LogP contribution in [0, 0.1) is 5.82 Å². The molecule has 3 N–H and O–H groups in total. The Balaban J connectivity index is 1.93. The predicted octanol–water partition coefficient (Wildman–Crippen LogP) is 1.71. The molecular formula is C20H25FN3O3+. The van der Waals surface area contributed by atoms with Crippen LogP contribution in [-0.2, 0) is 9.59 Å². The van der Waals surface area contributed by atoms with E-state index in [1.54, 1.807) is 24.3 Å². The number of amides is 2. The van der Waals surface area contributed by atoms with E-state index in [0.29, 0.717) is 23.7 Å². The minimum absolute atomic E-state index is 0.115. The number of hydrogen-bond acceptors (Lipinski definition) is 3. The molecule has 0 saturated heterocycles. The van der Waals surface area contributed by atoms with E-state index in [2.05, 4.69) is 10.6 Å². The lowest BCUT2D eigenvalue weighted by Crippen LogP contribution is -3.14. The fraction of sp³-hybridized carbons (Fsp3) is 0.300. The number of nitrogens with one attached hydrogen (secondary N) is 3. The van der Waals surface area contributed by atoms with Crippen molar-refractivity contribution >= 4 is 23.2 Å². The van der Waals surface area contributed by atoms with Gasteiger partial charge in [0.2, 0.25) is 0 Å². The molecule has 0 radical (unpaired) electrons. The SMILES string of the molecule is CCC[NH+](CC(=O)Nc1cccc(F)c1)CC(=O)Nc1ccccc1OC. The average Bonchev–Trinajstić information content (AvgIpc) is 2.62. The Labute approximate surface area is 158 Å². The molecule has 2 aromatic rings. The van der Waals surface area contributed by atoms with Gasteiger partial charge in [0.1, 0.15) is 11.6 Å². The fourth-order valence-corrected chi connectivity index (χ4v) is 2.76. The Bertz CT molecular complexity index is 783. The largest absolute Gasteiger partial charge is 0.495 e. The summed E-state index contributed by atoms with van der Waals surface area (Å²) in [6, 6.07) is 12.9.